The van der Waals surface area contributed by atoms with Crippen LogP contribution in [0.2, 0.25) is 0 Å². The Morgan fingerprint density at radius 3 is 2.53 bits per heavy atom. The second-order valence-corrected chi connectivity index (χ2v) is 4.37. The predicted octanol–water partition coefficient (Wildman–Crippen LogP) is 0.945. The zero-order chi connectivity index (χ0) is 12.1. The van der Waals surface area contributed by atoms with Gasteiger partial charge in [0.05, 0.1) is 19.3 Å². The molecule has 4 heteroatoms. The number of hydrogen-bond acceptors (Lipinski definition) is 4. The van der Waals surface area contributed by atoms with Crippen molar-refractivity contribution in [1.82, 2.24) is 10.4 Å². The first-order valence-corrected chi connectivity index (χ1v) is 6.09. The molecule has 1 aliphatic heterocycles. The Morgan fingerprint density at radius 2 is 1.88 bits per heavy atom. The highest BCUT2D eigenvalue weighted by Gasteiger charge is 2.19. The summed E-state index contributed by atoms with van der Waals surface area (Å²) in [7, 11) is 0. The van der Waals surface area contributed by atoms with Crippen LogP contribution in [0.3, 0.4) is 0 Å². The summed E-state index contributed by atoms with van der Waals surface area (Å²) in [6.07, 6.45) is -0.487. The lowest BCUT2D eigenvalue weighted by Gasteiger charge is -2.32. The van der Waals surface area contributed by atoms with Gasteiger partial charge in [0.15, 0.2) is 0 Å². The van der Waals surface area contributed by atoms with Crippen LogP contribution >= 0.6 is 0 Å². The average Bonchev–Trinajstić information content (AvgIpc) is 2.40. The zero-order valence-electron chi connectivity index (χ0n) is 10.2. The highest BCUT2D eigenvalue weighted by atomic mass is 16.5. The van der Waals surface area contributed by atoms with E-state index in [9.17, 15) is 5.11 Å². The lowest BCUT2D eigenvalue weighted by molar-refractivity contribution is -0.0110. The van der Waals surface area contributed by atoms with Gasteiger partial charge < -0.3 is 9.84 Å². The summed E-state index contributed by atoms with van der Waals surface area (Å²) in [5.74, 6) is 0. The van der Waals surface area contributed by atoms with Gasteiger partial charge in [0.1, 0.15) is 0 Å². The van der Waals surface area contributed by atoms with Gasteiger partial charge in [0.25, 0.3) is 0 Å². The summed E-state index contributed by atoms with van der Waals surface area (Å²) in [6.45, 7) is 5.23. The largest absolute Gasteiger partial charge is 0.387 e. The first-order valence-electron chi connectivity index (χ1n) is 6.09. The van der Waals surface area contributed by atoms with Crippen molar-refractivity contribution in [1.29, 1.82) is 0 Å². The third-order valence-corrected chi connectivity index (χ3v) is 3.01. The summed E-state index contributed by atoms with van der Waals surface area (Å²) in [4.78, 5) is 0. The summed E-state index contributed by atoms with van der Waals surface area (Å²) < 4.78 is 5.28. The highest BCUT2D eigenvalue weighted by molar-refractivity contribution is 5.18. The normalized spacial score (nSPS) is 21.1. The van der Waals surface area contributed by atoms with Gasteiger partial charge in [0, 0.05) is 19.1 Å². The number of ether oxygens (including phenoxy) is 1. The number of nitrogens with zero attached hydrogens (tertiary/aromatic N) is 1. The molecule has 1 heterocycles. The Bertz CT molecular complexity index is 325. The van der Waals surface area contributed by atoms with Crippen molar-refractivity contribution >= 4 is 0 Å². The maximum Gasteiger partial charge on any atom is 0.0953 e. The molecule has 2 atom stereocenters. The minimum Gasteiger partial charge on any atom is -0.387 e. The predicted molar refractivity (Wildman–Crippen MR) is 66.4 cm³/mol. The summed E-state index contributed by atoms with van der Waals surface area (Å²) in [5, 5.41) is 12.3. The third kappa shape index (κ3) is 3.51. The summed E-state index contributed by atoms with van der Waals surface area (Å²) in [5.41, 5.74) is 4.27. The topological polar surface area (TPSA) is 44.7 Å². The summed E-state index contributed by atoms with van der Waals surface area (Å²) >= 11 is 0. The van der Waals surface area contributed by atoms with E-state index < -0.39 is 6.10 Å². The van der Waals surface area contributed by atoms with E-state index in [1.807, 2.05) is 37.3 Å². The number of aliphatic hydroxyl groups is 1. The molecule has 17 heavy (non-hydrogen) atoms. The van der Waals surface area contributed by atoms with Gasteiger partial charge in [-0.15, -0.1) is 0 Å². The number of rotatable bonds is 4. The highest BCUT2D eigenvalue weighted by Crippen LogP contribution is 2.16. The first kappa shape index (κ1) is 12.5. The SMILES string of the molecule is C[C@@H](NN1CCOCC1)[C@@H](O)c1ccccc1. The molecule has 1 fully saturated rings. The molecule has 0 aliphatic carbocycles. The fourth-order valence-electron chi connectivity index (χ4n) is 1.99. The molecule has 2 rings (SSSR count). The second kappa shape index (κ2) is 6.12. The molecule has 0 amide bonds. The van der Waals surface area contributed by atoms with Crippen LogP contribution in [0.5, 0.6) is 0 Å². The van der Waals surface area contributed by atoms with Crippen molar-refractivity contribution in [3.8, 4) is 0 Å². The third-order valence-electron chi connectivity index (χ3n) is 3.01. The minimum atomic E-state index is -0.487. The molecule has 2 N–H and O–H groups in total. The van der Waals surface area contributed by atoms with Crippen molar-refractivity contribution in [2.45, 2.75) is 19.1 Å². The van der Waals surface area contributed by atoms with Crippen LogP contribution in [0.15, 0.2) is 30.3 Å². The quantitative estimate of drug-likeness (QED) is 0.817. The van der Waals surface area contributed by atoms with Gasteiger partial charge in [-0.05, 0) is 12.5 Å². The molecule has 0 radical (unpaired) electrons. The lowest BCUT2D eigenvalue weighted by atomic mass is 10.0. The van der Waals surface area contributed by atoms with Gasteiger partial charge >= 0.3 is 0 Å². The van der Waals surface area contributed by atoms with Crippen LogP contribution in [0.25, 0.3) is 0 Å². The van der Waals surface area contributed by atoms with Crippen molar-refractivity contribution in [2.24, 2.45) is 0 Å². The fourth-order valence-corrected chi connectivity index (χ4v) is 1.99. The maximum atomic E-state index is 10.2. The number of aliphatic hydroxyl groups excluding tert-OH is 1. The Labute approximate surface area is 102 Å². The van der Waals surface area contributed by atoms with Gasteiger partial charge in [-0.3, -0.25) is 0 Å². The maximum absolute atomic E-state index is 10.2. The van der Waals surface area contributed by atoms with Crippen LogP contribution in [-0.4, -0.2) is 42.5 Å². The molecular weight excluding hydrogens is 216 g/mol. The molecule has 0 aromatic heterocycles. The van der Waals surface area contributed by atoms with Crippen molar-refractivity contribution in [3.05, 3.63) is 35.9 Å². The van der Waals surface area contributed by atoms with Gasteiger partial charge in [-0.1, -0.05) is 30.3 Å². The van der Waals surface area contributed by atoms with E-state index in [-0.39, 0.29) is 6.04 Å². The molecule has 1 aliphatic rings. The molecule has 0 saturated carbocycles. The molecule has 1 aromatic carbocycles. The first-order chi connectivity index (χ1) is 8.27. The van der Waals surface area contributed by atoms with Crippen molar-refractivity contribution in [3.63, 3.8) is 0 Å². The van der Waals surface area contributed by atoms with Gasteiger partial charge in [-0.25, -0.2) is 10.4 Å². The fraction of sp³-hybridized carbons (Fsp3) is 0.538. The second-order valence-electron chi connectivity index (χ2n) is 4.37. The Balaban J connectivity index is 1.88. The van der Waals surface area contributed by atoms with Gasteiger partial charge in [-0.2, -0.15) is 0 Å². The lowest BCUT2D eigenvalue weighted by Crippen LogP contribution is -2.50. The van der Waals surface area contributed by atoms with E-state index in [2.05, 4.69) is 10.4 Å². The standard InChI is InChI=1S/C13H20N2O2/c1-11(14-15-7-9-17-10-8-15)13(16)12-5-3-2-4-6-12/h2-6,11,13-14,16H,7-10H2,1H3/t11-,13-/m1/s1. The van der Waals surface area contributed by atoms with Crippen molar-refractivity contribution < 1.29 is 9.84 Å². The van der Waals surface area contributed by atoms with E-state index in [0.717, 1.165) is 31.9 Å². The number of hydrazine groups is 1. The average molecular weight is 236 g/mol. The number of nitrogens with one attached hydrogen (secondary N) is 1. The Morgan fingerprint density at radius 1 is 1.24 bits per heavy atom. The van der Waals surface area contributed by atoms with Crippen LogP contribution in [0, 0.1) is 0 Å². The summed E-state index contributed by atoms with van der Waals surface area (Å²) in [6, 6.07) is 9.73. The monoisotopic (exact) mass is 236 g/mol. The van der Waals surface area contributed by atoms with E-state index in [1.54, 1.807) is 0 Å². The molecule has 94 valence electrons. The van der Waals surface area contributed by atoms with E-state index in [1.165, 1.54) is 0 Å². The van der Waals surface area contributed by atoms with Crippen LogP contribution in [0.1, 0.15) is 18.6 Å². The smallest absolute Gasteiger partial charge is 0.0953 e. The number of morpholine rings is 1. The van der Waals surface area contributed by atoms with Crippen LogP contribution in [0.4, 0.5) is 0 Å². The molecular formula is C13H20N2O2. The Hall–Kier alpha value is -0.940. The molecule has 0 spiro atoms. The molecule has 0 bridgehead atoms. The van der Waals surface area contributed by atoms with E-state index in [0.29, 0.717) is 0 Å². The van der Waals surface area contributed by atoms with Crippen LogP contribution < -0.4 is 5.43 Å². The number of hydrogen-bond donors (Lipinski definition) is 2. The van der Waals surface area contributed by atoms with Crippen LogP contribution in [-0.2, 0) is 4.74 Å². The number of benzene rings is 1. The van der Waals surface area contributed by atoms with Gasteiger partial charge in [0.2, 0.25) is 0 Å². The zero-order valence-corrected chi connectivity index (χ0v) is 10.2. The Kier molecular flexibility index (Phi) is 4.50. The van der Waals surface area contributed by atoms with E-state index in [4.69, 9.17) is 4.74 Å². The minimum absolute atomic E-state index is 0.00417. The molecule has 4 nitrogen and oxygen atoms in total. The molecule has 1 aromatic rings. The van der Waals surface area contributed by atoms with Crippen molar-refractivity contribution in [2.75, 3.05) is 26.3 Å². The molecule has 1 saturated heterocycles. The van der Waals surface area contributed by atoms with E-state index >= 15 is 0 Å². The molecule has 0 unspecified atom stereocenters.